The van der Waals surface area contributed by atoms with Crippen molar-refractivity contribution < 1.29 is 22.3 Å². The zero-order valence-corrected chi connectivity index (χ0v) is 16.2. The highest BCUT2D eigenvalue weighted by Gasteiger charge is 2.31. The average Bonchev–Trinajstić information content (AvgIpc) is 2.54. The fourth-order valence-corrected chi connectivity index (χ4v) is 2.89. The molecule has 0 atom stereocenters. The maximum Gasteiger partial charge on any atom is 0.446 e. The number of thioether (sulfide) groups is 1. The maximum absolute atomic E-state index is 12.5. The first-order chi connectivity index (χ1) is 12.6. The maximum atomic E-state index is 12.5. The van der Waals surface area contributed by atoms with Crippen molar-refractivity contribution in [3.05, 3.63) is 58.0 Å². The highest BCUT2D eigenvalue weighted by Crippen LogP contribution is 2.36. The molecule has 0 radical (unpaired) electrons. The van der Waals surface area contributed by atoms with Crippen molar-refractivity contribution in [2.24, 2.45) is 0 Å². The van der Waals surface area contributed by atoms with Crippen molar-refractivity contribution in [3.63, 3.8) is 0 Å². The highest BCUT2D eigenvalue weighted by molar-refractivity contribution is 8.00. The summed E-state index contributed by atoms with van der Waals surface area (Å²) in [5, 5.41) is 0.405. The Bertz CT molecular complexity index is 907. The molecule has 0 amide bonds. The molecule has 7 heteroatoms. The smallest absolute Gasteiger partial charge is 0.446 e. The molecular formula is C20H21F3O3S. The van der Waals surface area contributed by atoms with Gasteiger partial charge in [0.15, 0.2) is 0 Å². The minimum Gasteiger partial charge on any atom is -0.489 e. The summed E-state index contributed by atoms with van der Waals surface area (Å²) in [7, 11) is 0. The molecule has 0 saturated heterocycles. The van der Waals surface area contributed by atoms with Crippen LogP contribution in [0.15, 0.2) is 61.7 Å². The van der Waals surface area contributed by atoms with Crippen LogP contribution in [0.4, 0.5) is 13.2 Å². The second-order valence-corrected chi connectivity index (χ2v) is 7.43. The van der Waals surface area contributed by atoms with E-state index < -0.39 is 27.8 Å². The van der Waals surface area contributed by atoms with Gasteiger partial charge in [-0.2, -0.15) is 13.2 Å². The molecule has 0 N–H and O–H groups in total. The summed E-state index contributed by atoms with van der Waals surface area (Å²) in [5.74, 6) is 0.482. The first-order valence-electron chi connectivity index (χ1n) is 8.39. The van der Waals surface area contributed by atoms with Crippen LogP contribution < -0.4 is 10.4 Å². The van der Waals surface area contributed by atoms with E-state index in [1.165, 1.54) is 23.3 Å². The molecule has 3 nitrogen and oxygen atoms in total. The molecule has 0 fully saturated rings. The first kappa shape index (κ1) is 21.2. The lowest BCUT2D eigenvalue weighted by Gasteiger charge is -2.07. The van der Waals surface area contributed by atoms with E-state index in [0.717, 1.165) is 12.8 Å². The molecule has 1 aromatic heterocycles. The monoisotopic (exact) mass is 398 g/mol. The van der Waals surface area contributed by atoms with E-state index in [4.69, 9.17) is 9.15 Å². The Morgan fingerprint density at radius 3 is 2.59 bits per heavy atom. The molecule has 0 unspecified atom stereocenters. The lowest BCUT2D eigenvalue weighted by molar-refractivity contribution is -0.0329. The second-order valence-electron chi connectivity index (χ2n) is 6.33. The molecule has 146 valence electrons. The first-order valence-corrected chi connectivity index (χ1v) is 9.21. The third-order valence-electron chi connectivity index (χ3n) is 3.67. The van der Waals surface area contributed by atoms with Gasteiger partial charge in [-0.25, -0.2) is 4.79 Å². The topological polar surface area (TPSA) is 39.4 Å². The summed E-state index contributed by atoms with van der Waals surface area (Å²) in [4.78, 5) is 11.2. The van der Waals surface area contributed by atoms with Crippen molar-refractivity contribution >= 4 is 22.7 Å². The van der Waals surface area contributed by atoms with E-state index in [1.807, 2.05) is 13.0 Å². The summed E-state index contributed by atoms with van der Waals surface area (Å²) in [6, 6.07) is 5.89. The largest absolute Gasteiger partial charge is 0.489 e. The molecule has 27 heavy (non-hydrogen) atoms. The Hall–Kier alpha value is -2.15. The van der Waals surface area contributed by atoms with Crippen LogP contribution in [-0.4, -0.2) is 12.1 Å². The Labute approximate surface area is 159 Å². The third kappa shape index (κ3) is 7.17. The van der Waals surface area contributed by atoms with Gasteiger partial charge in [0.25, 0.3) is 0 Å². The lowest BCUT2D eigenvalue weighted by atomic mass is 10.1. The summed E-state index contributed by atoms with van der Waals surface area (Å²) >= 11 is -0.478. The van der Waals surface area contributed by atoms with E-state index >= 15 is 0 Å². The fraction of sp³-hybridized carbons (Fsp3) is 0.350. The van der Waals surface area contributed by atoms with Gasteiger partial charge in [-0.05, 0) is 69.6 Å². The Balaban J connectivity index is 2.05. The average molecular weight is 398 g/mol. The van der Waals surface area contributed by atoms with Gasteiger partial charge < -0.3 is 9.15 Å². The van der Waals surface area contributed by atoms with Crippen molar-refractivity contribution in [3.8, 4) is 5.75 Å². The van der Waals surface area contributed by atoms with Crippen LogP contribution >= 0.6 is 11.8 Å². The Morgan fingerprint density at radius 2 is 1.93 bits per heavy atom. The molecule has 0 aliphatic carbocycles. The van der Waals surface area contributed by atoms with Crippen LogP contribution in [-0.2, 0) is 0 Å². The Morgan fingerprint density at radius 1 is 1.19 bits per heavy atom. The summed E-state index contributed by atoms with van der Waals surface area (Å²) < 4.78 is 48.0. The number of halogens is 3. The molecule has 0 bridgehead atoms. The van der Waals surface area contributed by atoms with Gasteiger partial charge in [0, 0.05) is 11.5 Å². The molecule has 0 saturated carbocycles. The van der Waals surface area contributed by atoms with Crippen LogP contribution in [0.1, 0.15) is 33.6 Å². The predicted molar refractivity (Wildman–Crippen MR) is 102 cm³/mol. The predicted octanol–water partition coefficient (Wildman–Crippen LogP) is 6.48. The second kappa shape index (κ2) is 9.17. The fourth-order valence-electron chi connectivity index (χ4n) is 2.33. The van der Waals surface area contributed by atoms with Gasteiger partial charge in [0.1, 0.15) is 22.8 Å². The third-order valence-corrected chi connectivity index (χ3v) is 4.41. The summed E-state index contributed by atoms with van der Waals surface area (Å²) in [5.41, 5.74) is -2.88. The van der Waals surface area contributed by atoms with E-state index in [0.29, 0.717) is 17.7 Å². The number of fused-ring (bicyclic) bond motifs is 1. The van der Waals surface area contributed by atoms with Gasteiger partial charge in [0.05, 0.1) is 0 Å². The van der Waals surface area contributed by atoms with Crippen molar-refractivity contribution in [1.29, 1.82) is 0 Å². The van der Waals surface area contributed by atoms with Crippen LogP contribution in [0.25, 0.3) is 11.0 Å². The van der Waals surface area contributed by atoms with Crippen LogP contribution in [0.3, 0.4) is 0 Å². The number of alkyl halides is 3. The lowest BCUT2D eigenvalue weighted by Crippen LogP contribution is -2.08. The molecule has 2 rings (SSSR count). The molecule has 0 spiro atoms. The van der Waals surface area contributed by atoms with Gasteiger partial charge in [0.2, 0.25) is 0 Å². The van der Waals surface area contributed by atoms with Gasteiger partial charge in [-0.15, -0.1) is 0 Å². The zero-order valence-electron chi connectivity index (χ0n) is 15.4. The molecule has 1 heterocycles. The van der Waals surface area contributed by atoms with Crippen LogP contribution in [0.2, 0.25) is 0 Å². The van der Waals surface area contributed by atoms with Crippen molar-refractivity contribution in [2.45, 2.75) is 44.0 Å². The minimum atomic E-state index is -4.54. The normalized spacial score (nSPS) is 12.3. The number of hydrogen-bond acceptors (Lipinski definition) is 4. The number of benzene rings is 1. The van der Waals surface area contributed by atoms with Crippen LogP contribution in [0.5, 0.6) is 5.75 Å². The molecule has 0 aliphatic heterocycles. The van der Waals surface area contributed by atoms with E-state index in [1.54, 1.807) is 12.1 Å². The van der Waals surface area contributed by atoms with Crippen molar-refractivity contribution in [1.82, 2.24) is 0 Å². The van der Waals surface area contributed by atoms with E-state index in [-0.39, 0.29) is 5.58 Å². The number of ether oxygens (including phenoxy) is 1. The van der Waals surface area contributed by atoms with E-state index in [2.05, 4.69) is 19.9 Å². The summed E-state index contributed by atoms with van der Waals surface area (Å²) in [6.07, 6.45) is 6.07. The van der Waals surface area contributed by atoms with Crippen molar-refractivity contribution in [2.75, 3.05) is 6.61 Å². The molecule has 0 aliphatic rings. The molecule has 1 aromatic carbocycles. The quantitative estimate of drug-likeness (QED) is 0.304. The standard InChI is InChI=1S/C20H21F3O3S/c1-13(2)5-4-6-14(3)9-10-25-16-8-7-15-11-18(27-20(21,22)23)19(24)26-17(15)12-16/h5,7-9,11-12H,4,6,10H2,1-3H3/b14-9+. The minimum absolute atomic E-state index is 0.188. The zero-order chi connectivity index (χ0) is 20.0. The molecule has 2 aromatic rings. The van der Waals surface area contributed by atoms with Gasteiger partial charge in [-0.1, -0.05) is 17.2 Å². The van der Waals surface area contributed by atoms with Gasteiger partial charge in [-0.3, -0.25) is 0 Å². The molecular weight excluding hydrogens is 377 g/mol. The number of rotatable bonds is 7. The Kier molecular flexibility index (Phi) is 7.18. The number of hydrogen-bond donors (Lipinski definition) is 0. The highest BCUT2D eigenvalue weighted by atomic mass is 32.2. The van der Waals surface area contributed by atoms with E-state index in [9.17, 15) is 18.0 Å². The van der Waals surface area contributed by atoms with Gasteiger partial charge >= 0.3 is 11.1 Å². The SMILES string of the molecule is CC(C)=CCC/C(C)=C/COc1ccc2cc(SC(F)(F)F)c(=O)oc2c1. The van der Waals surface area contributed by atoms with Crippen LogP contribution in [0, 0.1) is 0 Å². The summed E-state index contributed by atoms with van der Waals surface area (Å²) in [6.45, 7) is 6.51. The number of allylic oxidation sites excluding steroid dienone is 3.